The summed E-state index contributed by atoms with van der Waals surface area (Å²) in [6, 6.07) is 13.3. The predicted octanol–water partition coefficient (Wildman–Crippen LogP) is 11.3. The molecule has 2 aromatic rings. The van der Waals surface area contributed by atoms with Crippen molar-refractivity contribution >= 4 is 5.57 Å². The van der Waals surface area contributed by atoms with Crippen LogP contribution >= 0.6 is 0 Å². The maximum absolute atomic E-state index is 14.5. The van der Waals surface area contributed by atoms with Crippen molar-refractivity contribution in [2.24, 2.45) is 0 Å². The van der Waals surface area contributed by atoms with E-state index in [0.717, 1.165) is 40.7 Å². The molecule has 0 aliphatic heterocycles. The molecule has 0 saturated carbocycles. The minimum atomic E-state index is -0.188. The summed E-state index contributed by atoms with van der Waals surface area (Å²) in [6.07, 6.45) is 12.3. The molecule has 0 bridgehead atoms. The Balaban J connectivity index is 0.000000801. The Bertz CT molecular complexity index is 985. The van der Waals surface area contributed by atoms with E-state index < -0.39 is 0 Å². The van der Waals surface area contributed by atoms with Gasteiger partial charge in [0.1, 0.15) is 5.82 Å². The van der Waals surface area contributed by atoms with Gasteiger partial charge in [-0.05, 0) is 74.8 Å². The van der Waals surface area contributed by atoms with Crippen LogP contribution in [-0.2, 0) is 0 Å². The SMILES string of the molecule is C=C(CCC)/C(C)=C(/c1cc(C)ccc1C)c1ccccc1F.CC.CC.CCC1=CC=CCC1. The number of halogens is 1. The van der Waals surface area contributed by atoms with Crippen molar-refractivity contribution in [3.05, 3.63) is 112 Å². The Morgan fingerprint density at radius 1 is 0.943 bits per heavy atom. The van der Waals surface area contributed by atoms with Crippen LogP contribution in [0.2, 0.25) is 0 Å². The molecule has 1 heteroatoms. The lowest BCUT2D eigenvalue weighted by molar-refractivity contribution is 0.624. The first-order valence-electron chi connectivity index (χ1n) is 13.4. The van der Waals surface area contributed by atoms with E-state index in [-0.39, 0.29) is 5.82 Å². The lowest BCUT2D eigenvalue weighted by Crippen LogP contribution is -2.00. The largest absolute Gasteiger partial charge is 0.206 e. The van der Waals surface area contributed by atoms with E-state index in [0.29, 0.717) is 5.56 Å². The Morgan fingerprint density at radius 3 is 2.11 bits per heavy atom. The highest BCUT2D eigenvalue weighted by molar-refractivity contribution is 5.86. The molecule has 0 unspecified atom stereocenters. The fraction of sp³-hybridized carbons (Fsp3) is 0.412. The molecule has 0 aromatic heterocycles. The van der Waals surface area contributed by atoms with Crippen LogP contribution in [0.1, 0.15) is 103 Å². The maximum atomic E-state index is 14.5. The highest BCUT2D eigenvalue weighted by atomic mass is 19.1. The summed E-state index contributed by atoms with van der Waals surface area (Å²) in [5, 5.41) is 0. The van der Waals surface area contributed by atoms with Crippen LogP contribution in [0.4, 0.5) is 4.39 Å². The Hall–Kier alpha value is -2.67. The van der Waals surface area contributed by atoms with Crippen LogP contribution in [-0.4, -0.2) is 0 Å². The van der Waals surface area contributed by atoms with Gasteiger partial charge >= 0.3 is 0 Å². The zero-order valence-electron chi connectivity index (χ0n) is 23.9. The normalized spacial score (nSPS) is 12.5. The van der Waals surface area contributed by atoms with E-state index in [1.54, 1.807) is 11.6 Å². The van der Waals surface area contributed by atoms with E-state index in [4.69, 9.17) is 0 Å². The summed E-state index contributed by atoms with van der Waals surface area (Å²) in [5.74, 6) is -0.188. The fourth-order valence-electron chi connectivity index (χ4n) is 3.83. The van der Waals surface area contributed by atoms with Crippen LogP contribution in [0, 0.1) is 19.7 Å². The molecule has 35 heavy (non-hydrogen) atoms. The lowest BCUT2D eigenvalue weighted by atomic mass is 9.86. The minimum absolute atomic E-state index is 0.188. The van der Waals surface area contributed by atoms with Crippen molar-refractivity contribution in [3.8, 4) is 0 Å². The van der Waals surface area contributed by atoms with Crippen LogP contribution in [0.5, 0.6) is 0 Å². The molecule has 192 valence electrons. The average molecular weight is 477 g/mol. The molecule has 0 nitrogen and oxygen atoms in total. The molecule has 0 spiro atoms. The van der Waals surface area contributed by atoms with Crippen molar-refractivity contribution in [2.75, 3.05) is 0 Å². The van der Waals surface area contributed by atoms with Gasteiger partial charge in [0.2, 0.25) is 0 Å². The number of benzene rings is 2. The highest BCUT2D eigenvalue weighted by Crippen LogP contribution is 2.34. The number of allylic oxidation sites excluding steroid dienone is 6. The fourth-order valence-corrected chi connectivity index (χ4v) is 3.83. The maximum Gasteiger partial charge on any atom is 0.131 e. The van der Waals surface area contributed by atoms with Crippen molar-refractivity contribution in [2.45, 2.75) is 94.4 Å². The van der Waals surface area contributed by atoms with Crippen molar-refractivity contribution < 1.29 is 4.39 Å². The molecular formula is C34H49F. The van der Waals surface area contributed by atoms with Gasteiger partial charge in [0, 0.05) is 5.56 Å². The molecule has 0 heterocycles. The van der Waals surface area contributed by atoms with Gasteiger partial charge in [-0.15, -0.1) is 0 Å². The van der Waals surface area contributed by atoms with Gasteiger partial charge in [0.25, 0.3) is 0 Å². The lowest BCUT2D eigenvalue weighted by Gasteiger charge is -2.18. The molecular weight excluding hydrogens is 427 g/mol. The molecule has 0 atom stereocenters. The predicted molar refractivity (Wildman–Crippen MR) is 158 cm³/mol. The first kappa shape index (κ1) is 32.3. The smallest absolute Gasteiger partial charge is 0.131 e. The average Bonchev–Trinajstić information content (AvgIpc) is 2.90. The third kappa shape index (κ3) is 10.6. The number of hydrogen-bond donors (Lipinski definition) is 0. The molecule has 2 aromatic carbocycles. The van der Waals surface area contributed by atoms with E-state index in [2.05, 4.69) is 77.6 Å². The first-order valence-corrected chi connectivity index (χ1v) is 13.4. The van der Waals surface area contributed by atoms with E-state index in [1.807, 2.05) is 39.8 Å². The zero-order chi connectivity index (χ0) is 26.8. The van der Waals surface area contributed by atoms with Gasteiger partial charge in [-0.2, -0.15) is 0 Å². The zero-order valence-corrected chi connectivity index (χ0v) is 23.9. The topological polar surface area (TPSA) is 0 Å². The van der Waals surface area contributed by atoms with Gasteiger partial charge < -0.3 is 0 Å². The summed E-state index contributed by atoms with van der Waals surface area (Å²) < 4.78 is 14.5. The van der Waals surface area contributed by atoms with Crippen LogP contribution in [0.25, 0.3) is 5.57 Å². The molecule has 0 fully saturated rings. The number of aryl methyl sites for hydroxylation is 2. The summed E-state index contributed by atoms with van der Waals surface area (Å²) in [7, 11) is 0. The van der Waals surface area contributed by atoms with Crippen molar-refractivity contribution in [3.63, 3.8) is 0 Å². The number of hydrogen-bond acceptors (Lipinski definition) is 0. The van der Waals surface area contributed by atoms with E-state index in [1.165, 1.54) is 30.9 Å². The Labute approximate surface area is 216 Å². The third-order valence-electron chi connectivity index (χ3n) is 5.82. The molecule has 1 aliphatic rings. The van der Waals surface area contributed by atoms with Crippen molar-refractivity contribution in [1.82, 2.24) is 0 Å². The second kappa shape index (κ2) is 18.6. The highest BCUT2D eigenvalue weighted by Gasteiger charge is 2.16. The summed E-state index contributed by atoms with van der Waals surface area (Å²) in [5.41, 5.74) is 8.76. The van der Waals surface area contributed by atoms with Crippen LogP contribution in [0.3, 0.4) is 0 Å². The third-order valence-corrected chi connectivity index (χ3v) is 5.82. The Kier molecular flexibility index (Phi) is 17.2. The van der Waals surface area contributed by atoms with Gasteiger partial charge in [0.15, 0.2) is 0 Å². The van der Waals surface area contributed by atoms with E-state index >= 15 is 0 Å². The first-order chi connectivity index (χ1) is 16.9. The molecule has 0 radical (unpaired) electrons. The minimum Gasteiger partial charge on any atom is -0.206 e. The summed E-state index contributed by atoms with van der Waals surface area (Å²) in [4.78, 5) is 0. The Morgan fingerprint density at radius 2 is 1.60 bits per heavy atom. The molecule has 3 rings (SSSR count). The van der Waals surface area contributed by atoms with E-state index in [9.17, 15) is 4.39 Å². The van der Waals surface area contributed by atoms with Crippen molar-refractivity contribution in [1.29, 1.82) is 0 Å². The van der Waals surface area contributed by atoms with Crippen LogP contribution in [0.15, 0.2) is 84.0 Å². The molecule has 0 amide bonds. The van der Waals surface area contributed by atoms with Crippen LogP contribution < -0.4 is 0 Å². The van der Waals surface area contributed by atoms with Gasteiger partial charge in [-0.3, -0.25) is 0 Å². The molecule has 0 N–H and O–H groups in total. The van der Waals surface area contributed by atoms with Gasteiger partial charge in [0.05, 0.1) is 0 Å². The van der Waals surface area contributed by atoms with Gasteiger partial charge in [-0.25, -0.2) is 4.39 Å². The van der Waals surface area contributed by atoms with Gasteiger partial charge in [-0.1, -0.05) is 126 Å². The molecule has 0 saturated heterocycles. The second-order valence-electron chi connectivity index (χ2n) is 8.30. The standard InChI is InChI=1S/C22H25F.C8H12.2C2H6/c1-6-9-16(3)18(5)22(19-10-7-8-11-21(19)23)20-14-15(2)12-13-17(20)4;1-2-8-6-4-3-5-7-8;2*1-2/h7-8,10-14H,3,6,9H2,1-2,4-5H3;3-4,6H,2,5,7H2,1H3;2*1-2H3/b22-18+;;;. The second-order valence-corrected chi connectivity index (χ2v) is 8.30. The molecule has 1 aliphatic carbocycles. The summed E-state index contributed by atoms with van der Waals surface area (Å²) >= 11 is 0. The monoisotopic (exact) mass is 476 g/mol. The summed E-state index contributed by atoms with van der Waals surface area (Å²) in [6.45, 7) is 22.8. The quantitative estimate of drug-likeness (QED) is 0.364. The number of rotatable bonds is 6.